The number of aliphatic hydroxyl groups is 1. The molecule has 1 atom stereocenters. The Hall–Kier alpha value is -1.65. The van der Waals surface area contributed by atoms with E-state index in [0.717, 1.165) is 44.3 Å². The van der Waals surface area contributed by atoms with E-state index in [1.54, 1.807) is 11.3 Å². The zero-order valence-corrected chi connectivity index (χ0v) is 14.8. The molecule has 0 saturated carbocycles. The lowest BCUT2D eigenvalue weighted by atomic mass is 9.98. The van der Waals surface area contributed by atoms with Gasteiger partial charge in [-0.15, -0.1) is 11.3 Å². The Bertz CT molecular complexity index is 636. The fraction of sp³-hybridized carbons (Fsp3) is 0.450. The van der Waals surface area contributed by atoms with Crippen LogP contribution in [0.1, 0.15) is 35.3 Å². The molecule has 24 heavy (non-hydrogen) atoms. The van der Waals surface area contributed by atoms with Crippen molar-refractivity contribution in [2.75, 3.05) is 13.1 Å². The van der Waals surface area contributed by atoms with Crippen LogP contribution in [0, 0.1) is 5.92 Å². The summed E-state index contributed by atoms with van der Waals surface area (Å²) >= 11 is 1.77. The molecule has 1 N–H and O–H groups in total. The van der Waals surface area contributed by atoms with Crippen LogP contribution in [0.2, 0.25) is 0 Å². The summed E-state index contributed by atoms with van der Waals surface area (Å²) < 4.78 is 0. The maximum atomic E-state index is 12.4. The SMILES string of the molecule is O=C(CCCc1cccs1)N1CC[C@H](Cc2ccc(CO)cc2)C1. The van der Waals surface area contributed by atoms with Gasteiger partial charge in [0.05, 0.1) is 6.61 Å². The minimum Gasteiger partial charge on any atom is -0.392 e. The number of nitrogens with zero attached hydrogens (tertiary/aromatic N) is 1. The largest absolute Gasteiger partial charge is 0.392 e. The maximum Gasteiger partial charge on any atom is 0.222 e. The van der Waals surface area contributed by atoms with Gasteiger partial charge in [-0.05, 0) is 54.2 Å². The number of amides is 1. The van der Waals surface area contributed by atoms with E-state index in [1.807, 2.05) is 17.0 Å². The average molecular weight is 343 g/mol. The molecule has 0 spiro atoms. The fourth-order valence-electron chi connectivity index (χ4n) is 3.37. The van der Waals surface area contributed by atoms with Crippen LogP contribution in [0.5, 0.6) is 0 Å². The Kier molecular flexibility index (Phi) is 6.05. The van der Waals surface area contributed by atoms with Crippen LogP contribution in [0.4, 0.5) is 0 Å². The predicted octanol–water partition coefficient (Wildman–Crippen LogP) is 3.65. The van der Waals surface area contributed by atoms with E-state index in [2.05, 4.69) is 29.6 Å². The number of aryl methyl sites for hydroxylation is 1. The third-order valence-electron chi connectivity index (χ3n) is 4.76. The highest BCUT2D eigenvalue weighted by Gasteiger charge is 2.25. The van der Waals surface area contributed by atoms with Gasteiger partial charge in [-0.3, -0.25) is 4.79 Å². The van der Waals surface area contributed by atoms with Crippen molar-refractivity contribution in [3.05, 3.63) is 57.8 Å². The third kappa shape index (κ3) is 4.68. The normalized spacial score (nSPS) is 17.4. The molecule has 1 saturated heterocycles. The van der Waals surface area contributed by atoms with E-state index in [9.17, 15) is 4.79 Å². The minimum atomic E-state index is 0.0947. The van der Waals surface area contributed by atoms with Crippen LogP contribution in [0.25, 0.3) is 0 Å². The quantitative estimate of drug-likeness (QED) is 0.833. The standard InChI is InChI=1S/C20H25NO2S/c22-15-17-8-6-16(7-9-17)13-18-10-11-21(14-18)20(23)5-1-3-19-4-2-12-24-19/h2,4,6-9,12,18,22H,1,3,5,10-11,13-15H2/t18-/m1/s1. The third-order valence-corrected chi connectivity index (χ3v) is 5.70. The number of carbonyl (C=O) groups is 1. The number of rotatable bonds is 7. The molecule has 1 fully saturated rings. The Morgan fingerprint density at radius 3 is 2.71 bits per heavy atom. The van der Waals surface area contributed by atoms with Crippen molar-refractivity contribution in [3.8, 4) is 0 Å². The molecule has 0 aliphatic carbocycles. The predicted molar refractivity (Wildman–Crippen MR) is 98.0 cm³/mol. The van der Waals surface area contributed by atoms with Crippen molar-refractivity contribution >= 4 is 17.2 Å². The summed E-state index contributed by atoms with van der Waals surface area (Å²) in [6.07, 6.45) is 4.74. The molecule has 1 aromatic carbocycles. The maximum absolute atomic E-state index is 12.4. The van der Waals surface area contributed by atoms with E-state index in [-0.39, 0.29) is 6.61 Å². The molecule has 1 amide bonds. The van der Waals surface area contributed by atoms with E-state index >= 15 is 0 Å². The van der Waals surface area contributed by atoms with Crippen LogP contribution in [-0.2, 0) is 24.2 Å². The van der Waals surface area contributed by atoms with Crippen molar-refractivity contribution in [3.63, 3.8) is 0 Å². The monoisotopic (exact) mass is 343 g/mol. The van der Waals surface area contributed by atoms with E-state index in [1.165, 1.54) is 10.4 Å². The first-order valence-corrected chi connectivity index (χ1v) is 9.61. The highest BCUT2D eigenvalue weighted by Crippen LogP contribution is 2.22. The average Bonchev–Trinajstić information content (AvgIpc) is 3.27. The number of likely N-dealkylation sites (tertiary alicyclic amines) is 1. The van der Waals surface area contributed by atoms with Crippen LogP contribution in [-0.4, -0.2) is 29.0 Å². The number of thiophene rings is 1. The minimum absolute atomic E-state index is 0.0947. The number of hydrogen-bond acceptors (Lipinski definition) is 3. The first kappa shape index (κ1) is 17.2. The van der Waals surface area contributed by atoms with Crippen molar-refractivity contribution in [2.24, 2.45) is 5.92 Å². The second kappa shape index (κ2) is 8.45. The van der Waals surface area contributed by atoms with Crippen LogP contribution in [0.15, 0.2) is 41.8 Å². The van der Waals surface area contributed by atoms with Crippen molar-refractivity contribution in [1.29, 1.82) is 0 Å². The second-order valence-corrected chi connectivity index (χ2v) is 7.64. The smallest absolute Gasteiger partial charge is 0.222 e. The highest BCUT2D eigenvalue weighted by atomic mass is 32.1. The van der Waals surface area contributed by atoms with Gasteiger partial charge < -0.3 is 10.0 Å². The Labute approximate surface area is 147 Å². The van der Waals surface area contributed by atoms with E-state index in [4.69, 9.17) is 5.11 Å². The zero-order chi connectivity index (χ0) is 16.8. The second-order valence-electron chi connectivity index (χ2n) is 6.61. The lowest BCUT2D eigenvalue weighted by molar-refractivity contribution is -0.130. The Morgan fingerprint density at radius 1 is 1.21 bits per heavy atom. The zero-order valence-electron chi connectivity index (χ0n) is 14.0. The summed E-state index contributed by atoms with van der Waals surface area (Å²) in [7, 11) is 0. The van der Waals surface area contributed by atoms with Crippen LogP contribution < -0.4 is 0 Å². The first-order valence-electron chi connectivity index (χ1n) is 8.73. The number of aliphatic hydroxyl groups excluding tert-OH is 1. The van der Waals surface area contributed by atoms with E-state index in [0.29, 0.717) is 18.2 Å². The molecule has 0 radical (unpaired) electrons. The summed E-state index contributed by atoms with van der Waals surface area (Å²) in [5, 5.41) is 11.2. The van der Waals surface area contributed by atoms with Gasteiger partial charge in [0.1, 0.15) is 0 Å². The van der Waals surface area contributed by atoms with Crippen molar-refractivity contribution < 1.29 is 9.90 Å². The molecule has 2 aromatic rings. The van der Waals surface area contributed by atoms with Gasteiger partial charge >= 0.3 is 0 Å². The molecular weight excluding hydrogens is 318 g/mol. The molecule has 0 unspecified atom stereocenters. The summed E-state index contributed by atoms with van der Waals surface area (Å²) in [6, 6.07) is 12.4. The first-order chi connectivity index (χ1) is 11.7. The molecule has 4 heteroatoms. The Morgan fingerprint density at radius 2 is 2.00 bits per heavy atom. The fourth-order valence-corrected chi connectivity index (χ4v) is 4.12. The van der Waals surface area contributed by atoms with Gasteiger partial charge in [0.15, 0.2) is 0 Å². The summed E-state index contributed by atoms with van der Waals surface area (Å²) in [5.74, 6) is 0.871. The van der Waals surface area contributed by atoms with Gasteiger partial charge in [-0.1, -0.05) is 30.3 Å². The molecule has 2 heterocycles. The van der Waals surface area contributed by atoms with Gasteiger partial charge in [-0.25, -0.2) is 0 Å². The highest BCUT2D eigenvalue weighted by molar-refractivity contribution is 7.09. The van der Waals surface area contributed by atoms with Gasteiger partial charge in [0, 0.05) is 24.4 Å². The lowest BCUT2D eigenvalue weighted by Crippen LogP contribution is -2.28. The molecule has 0 bridgehead atoms. The van der Waals surface area contributed by atoms with Crippen molar-refractivity contribution in [1.82, 2.24) is 4.90 Å². The molecule has 128 valence electrons. The van der Waals surface area contributed by atoms with Gasteiger partial charge in [0.2, 0.25) is 5.91 Å². The van der Waals surface area contributed by atoms with E-state index < -0.39 is 0 Å². The van der Waals surface area contributed by atoms with Gasteiger partial charge in [-0.2, -0.15) is 0 Å². The number of carbonyl (C=O) groups excluding carboxylic acids is 1. The summed E-state index contributed by atoms with van der Waals surface area (Å²) in [6.45, 7) is 1.88. The molecule has 3 nitrogen and oxygen atoms in total. The van der Waals surface area contributed by atoms with Crippen molar-refractivity contribution in [2.45, 2.75) is 38.7 Å². The van der Waals surface area contributed by atoms with Crippen LogP contribution in [0.3, 0.4) is 0 Å². The Balaban J connectivity index is 1.41. The molecule has 3 rings (SSSR count). The lowest BCUT2D eigenvalue weighted by Gasteiger charge is -2.16. The molecule has 1 aliphatic rings. The number of hydrogen-bond donors (Lipinski definition) is 1. The molecular formula is C20H25NO2S. The summed E-state index contributed by atoms with van der Waals surface area (Å²) in [5.41, 5.74) is 2.25. The molecule has 1 aliphatic heterocycles. The number of benzene rings is 1. The summed E-state index contributed by atoms with van der Waals surface area (Å²) in [4.78, 5) is 15.8. The van der Waals surface area contributed by atoms with Gasteiger partial charge in [0.25, 0.3) is 0 Å². The molecule has 1 aromatic heterocycles. The topological polar surface area (TPSA) is 40.5 Å². The van der Waals surface area contributed by atoms with Crippen LogP contribution >= 0.6 is 11.3 Å².